The number of nitrogens with zero attached hydrogens (tertiary/aromatic N) is 2. The van der Waals surface area contributed by atoms with Crippen molar-refractivity contribution < 1.29 is 0 Å². The van der Waals surface area contributed by atoms with Gasteiger partial charge in [-0.1, -0.05) is 141 Å². The molecule has 2 heteroatoms. The van der Waals surface area contributed by atoms with Crippen molar-refractivity contribution in [3.63, 3.8) is 0 Å². The van der Waals surface area contributed by atoms with Gasteiger partial charge in [0.05, 0.1) is 22.1 Å². The van der Waals surface area contributed by atoms with Crippen LogP contribution in [0.1, 0.15) is 25.0 Å². The predicted molar refractivity (Wildman–Crippen MR) is 251 cm³/mol. The first kappa shape index (κ1) is 32.6. The van der Waals surface area contributed by atoms with E-state index in [1.807, 2.05) is 0 Å². The van der Waals surface area contributed by atoms with Crippen LogP contribution in [0, 0.1) is 0 Å². The summed E-state index contributed by atoms with van der Waals surface area (Å²) in [6, 6.07) is 72.4. The summed E-state index contributed by atoms with van der Waals surface area (Å²) in [7, 11) is 0. The minimum atomic E-state index is -0.0755. The maximum atomic E-state index is 2.47. The Bertz CT molecular complexity index is 3670. The third kappa shape index (κ3) is 4.46. The number of rotatable bonds is 3. The van der Waals surface area contributed by atoms with E-state index in [1.54, 1.807) is 0 Å². The predicted octanol–water partition coefficient (Wildman–Crippen LogP) is 15.3. The van der Waals surface area contributed by atoms with Crippen LogP contribution in [0.4, 0.5) is 0 Å². The van der Waals surface area contributed by atoms with Gasteiger partial charge >= 0.3 is 0 Å². The van der Waals surface area contributed by atoms with Crippen LogP contribution in [0.25, 0.3) is 110 Å². The maximum Gasteiger partial charge on any atom is 0.0544 e. The Balaban J connectivity index is 1.02. The lowest BCUT2D eigenvalue weighted by Crippen LogP contribution is -2.14. The standard InChI is InChI=1S/C57H38N2/c1-57(2)51-21-11-8-18-43(51)48-33-50-49-31-36(25-29-55(49)58(56(50)34-52(48)57)37-14-4-3-5-15-37)35-24-27-41-42-28-26-38(32-47(42)40-17-7-6-16-39(40)46(41)30-35)59-53-22-12-9-19-44(53)45-20-10-13-23-54(45)59/h3-34H,1-2H3. The zero-order chi connectivity index (χ0) is 39.0. The number of para-hydroxylation sites is 3. The summed E-state index contributed by atoms with van der Waals surface area (Å²) >= 11 is 0. The fraction of sp³-hybridized carbons (Fsp3) is 0.0526. The van der Waals surface area contributed by atoms with Crippen molar-refractivity contribution in [2.24, 2.45) is 0 Å². The maximum absolute atomic E-state index is 2.47. The molecule has 276 valence electrons. The summed E-state index contributed by atoms with van der Waals surface area (Å²) in [4.78, 5) is 0. The highest BCUT2D eigenvalue weighted by atomic mass is 15.0. The van der Waals surface area contributed by atoms with Gasteiger partial charge in [0.25, 0.3) is 0 Å². The molecule has 0 unspecified atom stereocenters. The van der Waals surface area contributed by atoms with Gasteiger partial charge in [0.1, 0.15) is 0 Å². The van der Waals surface area contributed by atoms with Crippen LogP contribution in [0.5, 0.6) is 0 Å². The molecule has 2 nitrogen and oxygen atoms in total. The van der Waals surface area contributed by atoms with Gasteiger partial charge in [0.2, 0.25) is 0 Å². The lowest BCUT2D eigenvalue weighted by Gasteiger charge is -2.21. The second kappa shape index (κ2) is 11.8. The molecule has 0 radical (unpaired) electrons. The number of aromatic nitrogens is 2. The van der Waals surface area contributed by atoms with Crippen LogP contribution in [-0.4, -0.2) is 9.13 Å². The Labute approximate surface area is 341 Å². The average molecular weight is 751 g/mol. The van der Waals surface area contributed by atoms with E-state index in [0.717, 1.165) is 0 Å². The minimum absolute atomic E-state index is 0.0755. The van der Waals surface area contributed by atoms with Crippen molar-refractivity contribution in [2.75, 3.05) is 0 Å². The number of hydrogen-bond donors (Lipinski definition) is 0. The molecule has 0 fully saturated rings. The molecule has 1 aliphatic carbocycles. The van der Waals surface area contributed by atoms with Crippen molar-refractivity contribution in [3.8, 4) is 33.6 Å². The first-order valence-electron chi connectivity index (χ1n) is 20.7. The topological polar surface area (TPSA) is 9.86 Å². The Morgan fingerprint density at radius 1 is 0.288 bits per heavy atom. The molecule has 0 saturated carbocycles. The van der Waals surface area contributed by atoms with Gasteiger partial charge in [-0.2, -0.15) is 0 Å². The van der Waals surface area contributed by atoms with E-state index >= 15 is 0 Å². The molecule has 2 aromatic heterocycles. The van der Waals surface area contributed by atoms with Crippen molar-refractivity contribution in [2.45, 2.75) is 19.3 Å². The Morgan fingerprint density at radius 3 is 1.53 bits per heavy atom. The number of benzene rings is 10. The summed E-state index contributed by atoms with van der Waals surface area (Å²) in [5, 5.41) is 12.7. The Hall–Kier alpha value is -7.42. The van der Waals surface area contributed by atoms with Gasteiger partial charge in [-0.25, -0.2) is 0 Å². The molecular weight excluding hydrogens is 713 g/mol. The third-order valence-corrected chi connectivity index (χ3v) is 13.5. The largest absolute Gasteiger partial charge is 0.309 e. The molecule has 10 aromatic carbocycles. The van der Waals surface area contributed by atoms with Gasteiger partial charge in [0.15, 0.2) is 0 Å². The normalized spacial score (nSPS) is 13.4. The Morgan fingerprint density at radius 2 is 0.797 bits per heavy atom. The highest BCUT2D eigenvalue weighted by Crippen LogP contribution is 2.51. The first-order valence-corrected chi connectivity index (χ1v) is 20.7. The fourth-order valence-corrected chi connectivity index (χ4v) is 10.7. The molecule has 59 heavy (non-hydrogen) atoms. The second-order valence-corrected chi connectivity index (χ2v) is 16.9. The SMILES string of the molecule is CC1(C)c2ccccc2-c2cc3c4cc(-c5ccc6c7ccc(-n8c9ccccc9c9ccccc98)cc7c7ccccc7c6c5)ccc4n(-c4ccccc4)c3cc21. The highest BCUT2D eigenvalue weighted by molar-refractivity contribution is 6.26. The second-order valence-electron chi connectivity index (χ2n) is 16.9. The third-order valence-electron chi connectivity index (χ3n) is 13.5. The van der Waals surface area contributed by atoms with E-state index in [9.17, 15) is 0 Å². The van der Waals surface area contributed by atoms with Gasteiger partial charge in [-0.15, -0.1) is 0 Å². The van der Waals surface area contributed by atoms with Gasteiger partial charge in [-0.05, 0) is 132 Å². The molecule has 1 aliphatic rings. The van der Waals surface area contributed by atoms with Crippen LogP contribution in [0.3, 0.4) is 0 Å². The van der Waals surface area contributed by atoms with E-state index in [1.165, 1.54) is 121 Å². The zero-order valence-electron chi connectivity index (χ0n) is 32.9. The van der Waals surface area contributed by atoms with Gasteiger partial charge in [-0.3, -0.25) is 0 Å². The van der Waals surface area contributed by atoms with Gasteiger partial charge in [0, 0.05) is 38.3 Å². The van der Waals surface area contributed by atoms with Gasteiger partial charge < -0.3 is 9.13 Å². The number of fused-ring (bicyclic) bond motifs is 15. The Kier molecular flexibility index (Phi) is 6.54. The average Bonchev–Trinajstić information content (AvgIpc) is 3.88. The van der Waals surface area contributed by atoms with Crippen molar-refractivity contribution >= 4 is 75.9 Å². The summed E-state index contributed by atoms with van der Waals surface area (Å²) in [6.07, 6.45) is 0. The van der Waals surface area contributed by atoms with Crippen LogP contribution < -0.4 is 0 Å². The molecule has 2 heterocycles. The number of hydrogen-bond acceptors (Lipinski definition) is 0. The lowest BCUT2D eigenvalue weighted by molar-refractivity contribution is 0.661. The molecule has 0 spiro atoms. The lowest BCUT2D eigenvalue weighted by atomic mass is 9.82. The molecular formula is C57H38N2. The van der Waals surface area contributed by atoms with E-state index < -0.39 is 0 Å². The van der Waals surface area contributed by atoms with E-state index in [0.29, 0.717) is 0 Å². The van der Waals surface area contributed by atoms with Crippen molar-refractivity contribution in [1.82, 2.24) is 9.13 Å². The monoisotopic (exact) mass is 750 g/mol. The van der Waals surface area contributed by atoms with Crippen LogP contribution in [-0.2, 0) is 5.41 Å². The van der Waals surface area contributed by atoms with E-state index in [4.69, 9.17) is 0 Å². The summed E-state index contributed by atoms with van der Waals surface area (Å²) in [5.74, 6) is 0. The molecule has 0 atom stereocenters. The quantitative estimate of drug-likeness (QED) is 0.159. The molecule has 0 amide bonds. The minimum Gasteiger partial charge on any atom is -0.309 e. The molecule has 0 saturated heterocycles. The summed E-state index contributed by atoms with van der Waals surface area (Å²) < 4.78 is 4.88. The first-order chi connectivity index (χ1) is 29.0. The van der Waals surface area contributed by atoms with Crippen LogP contribution >= 0.6 is 0 Å². The zero-order valence-corrected chi connectivity index (χ0v) is 32.9. The molecule has 0 bridgehead atoms. The summed E-state index contributed by atoms with van der Waals surface area (Å²) in [6.45, 7) is 4.74. The fourth-order valence-electron chi connectivity index (χ4n) is 10.7. The van der Waals surface area contributed by atoms with Crippen LogP contribution in [0.2, 0.25) is 0 Å². The van der Waals surface area contributed by atoms with E-state index in [2.05, 4.69) is 217 Å². The van der Waals surface area contributed by atoms with Crippen molar-refractivity contribution in [1.29, 1.82) is 0 Å². The van der Waals surface area contributed by atoms with Crippen molar-refractivity contribution in [3.05, 3.63) is 205 Å². The van der Waals surface area contributed by atoms with E-state index in [-0.39, 0.29) is 5.41 Å². The molecule has 0 N–H and O–H groups in total. The highest BCUT2D eigenvalue weighted by Gasteiger charge is 2.36. The molecule has 0 aliphatic heterocycles. The summed E-state index contributed by atoms with van der Waals surface area (Å²) in [5.41, 5.74) is 15.1. The molecule has 13 rings (SSSR count). The smallest absolute Gasteiger partial charge is 0.0544 e. The molecule has 12 aromatic rings. The van der Waals surface area contributed by atoms with Crippen LogP contribution in [0.15, 0.2) is 194 Å².